The van der Waals surface area contributed by atoms with Crippen molar-refractivity contribution in [3.05, 3.63) is 29.7 Å². The quantitative estimate of drug-likeness (QED) is 0.784. The first-order valence-corrected chi connectivity index (χ1v) is 5.80. The summed E-state index contributed by atoms with van der Waals surface area (Å²) in [5, 5.41) is 3.16. The van der Waals surface area contributed by atoms with E-state index in [0.717, 1.165) is 30.0 Å². The fourth-order valence-electron chi connectivity index (χ4n) is 1.87. The molecule has 16 heavy (non-hydrogen) atoms. The molecule has 86 valence electrons. The first kappa shape index (κ1) is 11.1. The monoisotopic (exact) mass is 218 g/mol. The molecule has 3 heteroatoms. The Morgan fingerprint density at radius 2 is 2.19 bits per heavy atom. The van der Waals surface area contributed by atoms with Gasteiger partial charge in [0.25, 0.3) is 0 Å². The summed E-state index contributed by atoms with van der Waals surface area (Å²) in [6, 6.07) is 6.28. The maximum atomic E-state index is 5.44. The Morgan fingerprint density at radius 3 is 3.00 bits per heavy atom. The standard InChI is InChI=1S/C13H18N2O/c1-10-15-12-9-11(5-3-4-8-14-2)6-7-13(12)16-10/h6-7,9,14H,3-5,8H2,1-2H3. The predicted molar refractivity (Wildman–Crippen MR) is 65.6 cm³/mol. The van der Waals surface area contributed by atoms with Gasteiger partial charge >= 0.3 is 0 Å². The van der Waals surface area contributed by atoms with Crippen LogP contribution in [0, 0.1) is 6.92 Å². The van der Waals surface area contributed by atoms with E-state index >= 15 is 0 Å². The van der Waals surface area contributed by atoms with Crippen molar-refractivity contribution in [2.45, 2.75) is 26.2 Å². The van der Waals surface area contributed by atoms with Gasteiger partial charge < -0.3 is 9.73 Å². The van der Waals surface area contributed by atoms with Gasteiger partial charge in [-0.2, -0.15) is 0 Å². The van der Waals surface area contributed by atoms with Crippen LogP contribution in [0.1, 0.15) is 24.3 Å². The number of aromatic nitrogens is 1. The summed E-state index contributed by atoms with van der Waals surface area (Å²) in [6.07, 6.45) is 3.54. The molecule has 0 saturated carbocycles. The molecule has 1 aromatic heterocycles. The fraction of sp³-hybridized carbons (Fsp3) is 0.462. The zero-order chi connectivity index (χ0) is 11.4. The van der Waals surface area contributed by atoms with Crippen molar-refractivity contribution in [3.63, 3.8) is 0 Å². The molecule has 3 nitrogen and oxygen atoms in total. The Bertz CT molecular complexity index is 462. The number of aryl methyl sites for hydroxylation is 2. The predicted octanol–water partition coefficient (Wildman–Crippen LogP) is 2.68. The molecule has 0 radical (unpaired) electrons. The van der Waals surface area contributed by atoms with Crippen LogP contribution in [-0.2, 0) is 6.42 Å². The van der Waals surface area contributed by atoms with E-state index in [2.05, 4.69) is 22.4 Å². The summed E-state index contributed by atoms with van der Waals surface area (Å²) >= 11 is 0. The maximum absolute atomic E-state index is 5.44. The lowest BCUT2D eigenvalue weighted by atomic mass is 10.1. The van der Waals surface area contributed by atoms with Gasteiger partial charge in [-0.25, -0.2) is 4.98 Å². The van der Waals surface area contributed by atoms with Gasteiger partial charge in [0, 0.05) is 6.92 Å². The molecule has 0 aliphatic rings. The summed E-state index contributed by atoms with van der Waals surface area (Å²) in [6.45, 7) is 2.97. The molecule has 0 amide bonds. The molecule has 0 aliphatic heterocycles. The first-order chi connectivity index (χ1) is 7.79. The fourth-order valence-corrected chi connectivity index (χ4v) is 1.87. The lowest BCUT2D eigenvalue weighted by Crippen LogP contribution is -2.07. The summed E-state index contributed by atoms with van der Waals surface area (Å²) in [5.74, 6) is 0.738. The highest BCUT2D eigenvalue weighted by Crippen LogP contribution is 2.17. The van der Waals surface area contributed by atoms with Gasteiger partial charge in [0.15, 0.2) is 11.5 Å². The van der Waals surface area contributed by atoms with Crippen LogP contribution < -0.4 is 5.32 Å². The van der Waals surface area contributed by atoms with Gasteiger partial charge in [-0.3, -0.25) is 0 Å². The van der Waals surface area contributed by atoms with E-state index in [0.29, 0.717) is 0 Å². The summed E-state index contributed by atoms with van der Waals surface area (Å²) in [7, 11) is 1.99. The highest BCUT2D eigenvalue weighted by atomic mass is 16.3. The SMILES string of the molecule is CNCCCCc1ccc2oc(C)nc2c1. The topological polar surface area (TPSA) is 38.1 Å². The molecule has 0 bridgehead atoms. The van der Waals surface area contributed by atoms with Crippen molar-refractivity contribution in [3.8, 4) is 0 Å². The van der Waals surface area contributed by atoms with Crippen molar-refractivity contribution in [2.75, 3.05) is 13.6 Å². The highest BCUT2D eigenvalue weighted by Gasteiger charge is 2.02. The van der Waals surface area contributed by atoms with Gasteiger partial charge in [0.1, 0.15) is 5.52 Å². The number of oxazole rings is 1. The molecule has 0 unspecified atom stereocenters. The zero-order valence-electron chi connectivity index (χ0n) is 9.92. The van der Waals surface area contributed by atoms with Crippen LogP contribution in [0.15, 0.2) is 22.6 Å². The van der Waals surface area contributed by atoms with Crippen molar-refractivity contribution in [2.24, 2.45) is 0 Å². The second-order valence-corrected chi connectivity index (χ2v) is 4.10. The minimum Gasteiger partial charge on any atom is -0.441 e. The van der Waals surface area contributed by atoms with Crippen molar-refractivity contribution < 1.29 is 4.42 Å². The normalized spacial score (nSPS) is 11.1. The Labute approximate surface area is 95.9 Å². The average molecular weight is 218 g/mol. The Morgan fingerprint density at radius 1 is 1.31 bits per heavy atom. The van der Waals surface area contributed by atoms with Crippen LogP contribution in [0.2, 0.25) is 0 Å². The van der Waals surface area contributed by atoms with E-state index in [-0.39, 0.29) is 0 Å². The zero-order valence-corrected chi connectivity index (χ0v) is 9.92. The average Bonchev–Trinajstić information content (AvgIpc) is 2.64. The van der Waals surface area contributed by atoms with Crippen LogP contribution >= 0.6 is 0 Å². The van der Waals surface area contributed by atoms with E-state index in [1.54, 1.807) is 0 Å². The third-order valence-electron chi connectivity index (χ3n) is 2.70. The number of benzene rings is 1. The van der Waals surface area contributed by atoms with Crippen molar-refractivity contribution >= 4 is 11.1 Å². The number of nitrogens with one attached hydrogen (secondary N) is 1. The van der Waals surface area contributed by atoms with E-state index in [4.69, 9.17) is 4.42 Å². The van der Waals surface area contributed by atoms with E-state index in [1.807, 2.05) is 20.0 Å². The smallest absolute Gasteiger partial charge is 0.192 e. The second kappa shape index (κ2) is 5.12. The van der Waals surface area contributed by atoms with Crippen molar-refractivity contribution in [1.82, 2.24) is 10.3 Å². The number of hydrogen-bond acceptors (Lipinski definition) is 3. The second-order valence-electron chi connectivity index (χ2n) is 4.10. The minimum absolute atomic E-state index is 0.738. The minimum atomic E-state index is 0.738. The molecule has 0 spiro atoms. The van der Waals surface area contributed by atoms with Gasteiger partial charge in [0.2, 0.25) is 0 Å². The summed E-state index contributed by atoms with van der Waals surface area (Å²) < 4.78 is 5.44. The molecule has 1 heterocycles. The molecule has 2 rings (SSSR count). The number of hydrogen-bond donors (Lipinski definition) is 1. The highest BCUT2D eigenvalue weighted by molar-refractivity contribution is 5.73. The molecule has 1 aromatic carbocycles. The third-order valence-corrected chi connectivity index (χ3v) is 2.70. The summed E-state index contributed by atoms with van der Waals surface area (Å²) in [4.78, 5) is 4.34. The van der Waals surface area contributed by atoms with Crippen LogP contribution in [0.4, 0.5) is 0 Å². The van der Waals surface area contributed by atoms with Gasteiger partial charge in [-0.1, -0.05) is 6.07 Å². The van der Waals surface area contributed by atoms with Crippen LogP contribution in [0.25, 0.3) is 11.1 Å². The van der Waals surface area contributed by atoms with Crippen molar-refractivity contribution in [1.29, 1.82) is 0 Å². The van der Waals surface area contributed by atoms with Gasteiger partial charge in [-0.15, -0.1) is 0 Å². The summed E-state index contributed by atoms with van der Waals surface area (Å²) in [5.41, 5.74) is 3.21. The molecule has 0 saturated heterocycles. The van der Waals surface area contributed by atoms with Crippen LogP contribution in [-0.4, -0.2) is 18.6 Å². The number of fused-ring (bicyclic) bond motifs is 1. The Balaban J connectivity index is 2.02. The van der Waals surface area contributed by atoms with E-state index in [1.165, 1.54) is 18.4 Å². The number of unbranched alkanes of at least 4 members (excludes halogenated alkanes) is 1. The largest absolute Gasteiger partial charge is 0.441 e. The first-order valence-electron chi connectivity index (χ1n) is 5.80. The Kier molecular flexibility index (Phi) is 3.57. The van der Waals surface area contributed by atoms with Gasteiger partial charge in [0.05, 0.1) is 0 Å². The lowest BCUT2D eigenvalue weighted by Gasteiger charge is -2.01. The number of rotatable bonds is 5. The van der Waals surface area contributed by atoms with E-state index < -0.39 is 0 Å². The molecule has 2 aromatic rings. The Hall–Kier alpha value is -1.35. The molecular weight excluding hydrogens is 200 g/mol. The molecule has 1 N–H and O–H groups in total. The lowest BCUT2D eigenvalue weighted by molar-refractivity contribution is 0.561. The van der Waals surface area contributed by atoms with Crippen LogP contribution in [0.3, 0.4) is 0 Å². The molecule has 0 fully saturated rings. The van der Waals surface area contributed by atoms with Gasteiger partial charge in [-0.05, 0) is 50.6 Å². The van der Waals surface area contributed by atoms with E-state index in [9.17, 15) is 0 Å². The van der Waals surface area contributed by atoms with Crippen LogP contribution in [0.5, 0.6) is 0 Å². The molecule has 0 atom stereocenters. The molecule has 0 aliphatic carbocycles. The molecular formula is C13H18N2O. The number of nitrogens with zero attached hydrogens (tertiary/aromatic N) is 1. The maximum Gasteiger partial charge on any atom is 0.192 e. The third kappa shape index (κ3) is 2.61.